The number of hydrogen-bond acceptors (Lipinski definition) is 2. The molecule has 0 unspecified atom stereocenters. The Morgan fingerprint density at radius 3 is 2.68 bits per heavy atom. The number of hydrogen-bond donors (Lipinski definition) is 1. The molecule has 1 aromatic carbocycles. The largest absolute Gasteiger partial charge is 0.314 e. The van der Waals surface area contributed by atoms with E-state index in [-0.39, 0.29) is 5.82 Å². The van der Waals surface area contributed by atoms with Crippen molar-refractivity contribution in [2.75, 3.05) is 7.05 Å². The van der Waals surface area contributed by atoms with Crippen molar-refractivity contribution in [2.24, 2.45) is 0 Å². The van der Waals surface area contributed by atoms with E-state index in [2.05, 4.69) is 10.3 Å². The molecule has 0 atom stereocenters. The molecule has 0 aliphatic carbocycles. The maximum Gasteiger partial charge on any atom is 0.144 e. The molecule has 96 valence electrons. The van der Waals surface area contributed by atoms with Crippen LogP contribution in [0.3, 0.4) is 0 Å². The minimum Gasteiger partial charge on any atom is -0.314 e. The first-order valence-electron chi connectivity index (χ1n) is 6.16. The average molecular weight is 255 g/mol. The summed E-state index contributed by atoms with van der Waals surface area (Å²) in [6.07, 6.45) is 1.97. The number of nitrogens with one attached hydrogen (secondary N) is 1. The summed E-state index contributed by atoms with van der Waals surface area (Å²) in [4.78, 5) is 4.66. The Balaban J connectivity index is 2.20. The Labute approximate surface area is 110 Å². The molecule has 2 aromatic heterocycles. The third kappa shape index (κ3) is 2.11. The van der Waals surface area contributed by atoms with Gasteiger partial charge in [-0.25, -0.2) is 9.37 Å². The van der Waals surface area contributed by atoms with E-state index in [1.165, 1.54) is 12.1 Å². The Morgan fingerprint density at radius 2 is 1.95 bits per heavy atom. The van der Waals surface area contributed by atoms with Crippen molar-refractivity contribution in [3.05, 3.63) is 60.2 Å². The number of pyridine rings is 1. The molecular weight excluding hydrogens is 241 g/mol. The zero-order valence-corrected chi connectivity index (χ0v) is 10.6. The Hall–Kier alpha value is -2.20. The highest BCUT2D eigenvalue weighted by Crippen LogP contribution is 2.22. The van der Waals surface area contributed by atoms with Gasteiger partial charge in [0.2, 0.25) is 0 Å². The van der Waals surface area contributed by atoms with Gasteiger partial charge in [-0.3, -0.25) is 4.40 Å². The number of rotatable bonds is 3. The number of nitrogens with zero attached hydrogens (tertiary/aromatic N) is 2. The molecule has 0 fully saturated rings. The molecule has 0 amide bonds. The molecule has 3 rings (SSSR count). The second kappa shape index (κ2) is 4.82. The highest BCUT2D eigenvalue weighted by atomic mass is 19.1. The number of imidazole rings is 1. The molecule has 0 saturated carbocycles. The minimum absolute atomic E-state index is 0.236. The first-order chi connectivity index (χ1) is 9.29. The molecule has 0 saturated heterocycles. The van der Waals surface area contributed by atoms with E-state index >= 15 is 0 Å². The van der Waals surface area contributed by atoms with Crippen LogP contribution in [-0.4, -0.2) is 16.4 Å². The van der Waals surface area contributed by atoms with E-state index < -0.39 is 0 Å². The van der Waals surface area contributed by atoms with Crippen molar-refractivity contribution in [2.45, 2.75) is 6.54 Å². The molecule has 0 aliphatic heterocycles. The molecule has 0 aliphatic rings. The fraction of sp³-hybridized carbons (Fsp3) is 0.133. The summed E-state index contributed by atoms with van der Waals surface area (Å²) in [5.41, 5.74) is 2.96. The van der Waals surface area contributed by atoms with E-state index in [0.29, 0.717) is 6.54 Å². The lowest BCUT2D eigenvalue weighted by molar-refractivity contribution is 0.628. The average Bonchev–Trinajstić information content (AvgIpc) is 2.80. The van der Waals surface area contributed by atoms with Gasteiger partial charge in [0.25, 0.3) is 0 Å². The number of benzene rings is 1. The second-order valence-electron chi connectivity index (χ2n) is 4.38. The van der Waals surface area contributed by atoms with Crippen molar-refractivity contribution in [1.29, 1.82) is 0 Å². The first-order valence-corrected chi connectivity index (χ1v) is 6.16. The highest BCUT2D eigenvalue weighted by molar-refractivity contribution is 5.65. The van der Waals surface area contributed by atoms with Crippen LogP contribution in [0, 0.1) is 5.82 Å². The van der Waals surface area contributed by atoms with E-state index in [1.807, 2.05) is 35.8 Å². The predicted octanol–water partition coefficient (Wildman–Crippen LogP) is 2.86. The lowest BCUT2D eigenvalue weighted by atomic mass is 10.2. The quantitative estimate of drug-likeness (QED) is 0.779. The molecule has 3 nitrogen and oxygen atoms in total. The Morgan fingerprint density at radius 1 is 1.16 bits per heavy atom. The summed E-state index contributed by atoms with van der Waals surface area (Å²) in [5.74, 6) is 0.598. The molecular formula is C15H14FN3. The fourth-order valence-electron chi connectivity index (χ4n) is 2.20. The van der Waals surface area contributed by atoms with E-state index in [4.69, 9.17) is 0 Å². The SMILES string of the molecule is CNCc1nc(-c2ccc(F)cc2)n2ccccc12. The summed E-state index contributed by atoms with van der Waals surface area (Å²) in [6, 6.07) is 12.4. The van der Waals surface area contributed by atoms with Crippen LogP contribution in [-0.2, 0) is 6.54 Å². The van der Waals surface area contributed by atoms with Gasteiger partial charge in [0.15, 0.2) is 0 Å². The standard InChI is InChI=1S/C15H14FN3/c1-17-10-13-14-4-2-3-9-19(14)15(18-13)11-5-7-12(16)8-6-11/h2-9,17H,10H2,1H3. The molecule has 4 heteroatoms. The fourth-order valence-corrected chi connectivity index (χ4v) is 2.20. The van der Waals surface area contributed by atoms with Gasteiger partial charge >= 0.3 is 0 Å². The lowest BCUT2D eigenvalue weighted by Gasteiger charge is -2.00. The van der Waals surface area contributed by atoms with Gasteiger partial charge in [-0.15, -0.1) is 0 Å². The zero-order valence-electron chi connectivity index (χ0n) is 10.6. The topological polar surface area (TPSA) is 29.3 Å². The maximum absolute atomic E-state index is 13.0. The summed E-state index contributed by atoms with van der Waals surface area (Å²) >= 11 is 0. The molecule has 0 radical (unpaired) electrons. The molecule has 19 heavy (non-hydrogen) atoms. The number of aromatic nitrogens is 2. The van der Waals surface area contributed by atoms with Gasteiger partial charge in [0, 0.05) is 18.3 Å². The number of fused-ring (bicyclic) bond motifs is 1. The third-order valence-electron chi connectivity index (χ3n) is 3.07. The van der Waals surface area contributed by atoms with Gasteiger partial charge in [0.05, 0.1) is 11.2 Å². The monoisotopic (exact) mass is 255 g/mol. The van der Waals surface area contributed by atoms with Crippen LogP contribution < -0.4 is 5.32 Å². The smallest absolute Gasteiger partial charge is 0.144 e. The van der Waals surface area contributed by atoms with Crippen LogP contribution in [0.2, 0.25) is 0 Å². The van der Waals surface area contributed by atoms with Crippen LogP contribution in [0.1, 0.15) is 5.69 Å². The number of halogens is 1. The third-order valence-corrected chi connectivity index (χ3v) is 3.07. The van der Waals surface area contributed by atoms with Crippen LogP contribution >= 0.6 is 0 Å². The molecule has 3 aromatic rings. The first kappa shape index (κ1) is 11.9. The molecule has 0 bridgehead atoms. The van der Waals surface area contributed by atoms with Gasteiger partial charge in [-0.2, -0.15) is 0 Å². The molecule has 0 spiro atoms. The Kier molecular flexibility index (Phi) is 3.01. The molecule has 1 N–H and O–H groups in total. The Bertz CT molecular complexity index is 701. The maximum atomic E-state index is 13.0. The van der Waals surface area contributed by atoms with Crippen LogP contribution in [0.4, 0.5) is 4.39 Å². The van der Waals surface area contributed by atoms with Gasteiger partial charge < -0.3 is 5.32 Å². The van der Waals surface area contributed by atoms with Gasteiger partial charge in [-0.05, 0) is 43.4 Å². The van der Waals surface area contributed by atoms with Gasteiger partial charge in [-0.1, -0.05) is 6.07 Å². The predicted molar refractivity (Wildman–Crippen MR) is 73.3 cm³/mol. The summed E-state index contributed by atoms with van der Waals surface area (Å²) in [7, 11) is 1.89. The molecule has 2 heterocycles. The van der Waals surface area contributed by atoms with E-state index in [9.17, 15) is 4.39 Å². The second-order valence-corrected chi connectivity index (χ2v) is 4.38. The van der Waals surface area contributed by atoms with Crippen molar-refractivity contribution in [3.63, 3.8) is 0 Å². The zero-order chi connectivity index (χ0) is 13.2. The normalized spacial score (nSPS) is 11.1. The summed E-state index contributed by atoms with van der Waals surface area (Å²) in [5, 5.41) is 3.11. The van der Waals surface area contributed by atoms with E-state index in [0.717, 1.165) is 22.6 Å². The highest BCUT2D eigenvalue weighted by Gasteiger charge is 2.11. The summed E-state index contributed by atoms with van der Waals surface area (Å²) < 4.78 is 15.0. The summed E-state index contributed by atoms with van der Waals surface area (Å²) in [6.45, 7) is 0.703. The van der Waals surface area contributed by atoms with E-state index in [1.54, 1.807) is 12.1 Å². The van der Waals surface area contributed by atoms with Crippen LogP contribution in [0.25, 0.3) is 16.9 Å². The van der Waals surface area contributed by atoms with Crippen molar-refractivity contribution in [1.82, 2.24) is 14.7 Å². The van der Waals surface area contributed by atoms with Crippen molar-refractivity contribution in [3.8, 4) is 11.4 Å². The van der Waals surface area contributed by atoms with Crippen LogP contribution in [0.15, 0.2) is 48.7 Å². The minimum atomic E-state index is -0.236. The van der Waals surface area contributed by atoms with Gasteiger partial charge in [0.1, 0.15) is 11.6 Å². The van der Waals surface area contributed by atoms with Crippen molar-refractivity contribution >= 4 is 5.52 Å². The van der Waals surface area contributed by atoms with Crippen LogP contribution in [0.5, 0.6) is 0 Å². The lowest BCUT2D eigenvalue weighted by Crippen LogP contribution is -2.05. The van der Waals surface area contributed by atoms with Crippen molar-refractivity contribution < 1.29 is 4.39 Å².